The van der Waals surface area contributed by atoms with Crippen LogP contribution in [0.3, 0.4) is 0 Å². The number of halogens is 2. The highest BCUT2D eigenvalue weighted by atomic mass is 35.5. The van der Waals surface area contributed by atoms with Crippen molar-refractivity contribution in [3.8, 4) is 22.7 Å². The summed E-state index contributed by atoms with van der Waals surface area (Å²) in [5.74, 6) is 0.113. The highest BCUT2D eigenvalue weighted by Crippen LogP contribution is 2.33. The van der Waals surface area contributed by atoms with Gasteiger partial charge in [-0.1, -0.05) is 43.5 Å². The summed E-state index contributed by atoms with van der Waals surface area (Å²) in [4.78, 5) is 13.3. The van der Waals surface area contributed by atoms with Crippen molar-refractivity contribution in [3.05, 3.63) is 63.8 Å². The molecule has 2 aromatic carbocycles. The zero-order chi connectivity index (χ0) is 31.9. The second-order valence-corrected chi connectivity index (χ2v) is 14.6. The number of aromatic nitrogens is 2. The molecule has 0 atom stereocenters. The summed E-state index contributed by atoms with van der Waals surface area (Å²) in [6.45, 7) is 7.34. The number of rotatable bonds is 9. The van der Waals surface area contributed by atoms with Crippen molar-refractivity contribution in [3.63, 3.8) is 0 Å². The fraction of sp³-hybridized carbons (Fsp3) is 0.429. The zero-order valence-corrected chi connectivity index (χ0v) is 27.5. The Morgan fingerprint density at radius 1 is 1.05 bits per heavy atom. The van der Waals surface area contributed by atoms with Crippen LogP contribution < -0.4 is 9.61 Å². The molecule has 236 valence electrons. The summed E-state index contributed by atoms with van der Waals surface area (Å²) in [6, 6.07) is 11.7. The van der Waals surface area contributed by atoms with Gasteiger partial charge in [-0.3, -0.25) is 14.8 Å². The summed E-state index contributed by atoms with van der Waals surface area (Å²) >= 11 is 12.6. The first-order valence-electron chi connectivity index (χ1n) is 13.6. The van der Waals surface area contributed by atoms with Crippen molar-refractivity contribution >= 4 is 49.3 Å². The molecule has 0 aliphatic carbocycles. The fourth-order valence-electron chi connectivity index (χ4n) is 4.32. The summed E-state index contributed by atoms with van der Waals surface area (Å²) in [6.07, 6.45) is 4.44. The molecule has 1 aliphatic heterocycles. The minimum absolute atomic E-state index is 0.0527. The Hall–Kier alpha value is -2.68. The maximum Gasteiger partial charge on any atom is 0.309 e. The van der Waals surface area contributed by atoms with Crippen LogP contribution in [-0.4, -0.2) is 67.2 Å². The molecule has 43 heavy (non-hydrogen) atoms. The second-order valence-electron chi connectivity index (χ2n) is 10.6. The first-order valence-corrected chi connectivity index (χ1v) is 17.8. The number of hydrogen-bond acceptors (Lipinski definition) is 8. The van der Waals surface area contributed by atoms with E-state index in [0.717, 1.165) is 32.4 Å². The minimum Gasteiger partial charge on any atom is -0.382 e. The summed E-state index contributed by atoms with van der Waals surface area (Å²) in [5, 5.41) is 7.43. The molecule has 4 rings (SSSR count). The van der Waals surface area contributed by atoms with E-state index < -0.39 is 20.2 Å². The van der Waals surface area contributed by atoms with Crippen LogP contribution in [0.2, 0.25) is 10.0 Å². The molecule has 0 unspecified atom stereocenters. The molecule has 2 N–H and O–H groups in total. The van der Waals surface area contributed by atoms with E-state index in [0.29, 0.717) is 45.2 Å². The van der Waals surface area contributed by atoms with Gasteiger partial charge >= 0.3 is 10.1 Å². The Morgan fingerprint density at radius 3 is 2.21 bits per heavy atom. The predicted octanol–water partition coefficient (Wildman–Crippen LogP) is 5.54. The quantitative estimate of drug-likeness (QED) is 0.220. The van der Waals surface area contributed by atoms with E-state index in [-0.39, 0.29) is 29.0 Å². The number of carbonyl (C=O) groups excluding carboxylic acids is 1. The molecule has 1 aromatic heterocycles. The van der Waals surface area contributed by atoms with Gasteiger partial charge in [-0.15, -0.1) is 0 Å². The smallest absolute Gasteiger partial charge is 0.309 e. The topological polar surface area (TPSA) is 148 Å². The largest absolute Gasteiger partial charge is 0.382 e. The van der Waals surface area contributed by atoms with E-state index >= 15 is 0 Å². The Kier molecular flexibility index (Phi) is 12.0. The van der Waals surface area contributed by atoms with Gasteiger partial charge in [0.15, 0.2) is 5.69 Å². The predicted molar refractivity (Wildman–Crippen MR) is 168 cm³/mol. The molecule has 1 fully saturated rings. The average molecular weight is 676 g/mol. The monoisotopic (exact) mass is 674 g/mol. The number of hydrazine groups is 1. The molecule has 1 aliphatic rings. The number of carbonyl (C=O) groups is 1. The van der Waals surface area contributed by atoms with E-state index in [4.69, 9.17) is 31.9 Å². The third-order valence-electron chi connectivity index (χ3n) is 6.39. The molecule has 11 nitrogen and oxygen atoms in total. The third-order valence-corrected chi connectivity index (χ3v) is 8.11. The molecule has 0 saturated carbocycles. The van der Waals surface area contributed by atoms with Crippen LogP contribution >= 0.6 is 23.2 Å². The van der Waals surface area contributed by atoms with E-state index in [1.807, 2.05) is 25.8 Å². The minimum atomic E-state index is -3.70. The summed E-state index contributed by atoms with van der Waals surface area (Å²) < 4.78 is 57.5. The Morgan fingerprint density at radius 2 is 1.65 bits per heavy atom. The Balaban J connectivity index is 0.000000934. The highest BCUT2D eigenvalue weighted by Gasteiger charge is 2.25. The molecule has 0 radical (unpaired) electrons. The van der Waals surface area contributed by atoms with E-state index in [1.165, 1.54) is 0 Å². The molecule has 2 heterocycles. The van der Waals surface area contributed by atoms with Gasteiger partial charge in [-0.2, -0.15) is 21.9 Å². The van der Waals surface area contributed by atoms with Gasteiger partial charge in [0.2, 0.25) is 0 Å². The van der Waals surface area contributed by atoms with Gasteiger partial charge < -0.3 is 4.18 Å². The third kappa shape index (κ3) is 10.8. The molecule has 1 amide bonds. The van der Waals surface area contributed by atoms with E-state index in [2.05, 4.69) is 10.5 Å². The maximum atomic E-state index is 13.3. The van der Waals surface area contributed by atoms with Crippen LogP contribution in [0.25, 0.3) is 16.9 Å². The van der Waals surface area contributed by atoms with E-state index in [9.17, 15) is 21.6 Å². The molecule has 1 saturated heterocycles. The lowest BCUT2D eigenvalue weighted by molar-refractivity contribution is 0.0743. The number of benzene rings is 2. The van der Waals surface area contributed by atoms with Crippen LogP contribution in [-0.2, 0) is 20.2 Å². The molecular formula is C28H36Cl2N4O7S2. The van der Waals surface area contributed by atoms with Crippen LogP contribution in [0, 0.1) is 12.8 Å². The van der Waals surface area contributed by atoms with Gasteiger partial charge in [0.25, 0.3) is 16.0 Å². The normalized spacial score (nSPS) is 14.2. The van der Waals surface area contributed by atoms with Crippen molar-refractivity contribution in [2.75, 3.05) is 25.1 Å². The zero-order valence-electron chi connectivity index (χ0n) is 24.4. The van der Waals surface area contributed by atoms with Crippen molar-refractivity contribution in [2.45, 2.75) is 46.5 Å². The average Bonchev–Trinajstić information content (AvgIpc) is 3.24. The van der Waals surface area contributed by atoms with Crippen molar-refractivity contribution < 1.29 is 30.4 Å². The lowest BCUT2D eigenvalue weighted by Crippen LogP contribution is -2.45. The number of hydrogen-bond donors (Lipinski definition) is 2. The van der Waals surface area contributed by atoms with E-state index in [1.54, 1.807) is 47.1 Å². The SMILES string of the molecule is CS(=O)(=O)O.Cc1c(C(=O)NN2CCCCC2)nn(-c2ccc(Cl)cc2Cl)c1-c1ccc(OS(=O)(=O)CCC(C)C)cc1. The molecule has 0 bridgehead atoms. The first-order chi connectivity index (χ1) is 20.0. The number of nitrogens with one attached hydrogen (secondary N) is 1. The lowest BCUT2D eigenvalue weighted by atomic mass is 10.1. The van der Waals surface area contributed by atoms with Gasteiger partial charge in [0, 0.05) is 29.2 Å². The highest BCUT2D eigenvalue weighted by molar-refractivity contribution is 7.87. The summed E-state index contributed by atoms with van der Waals surface area (Å²) in [7, 11) is -7.37. The van der Waals surface area contributed by atoms with Crippen LogP contribution in [0.5, 0.6) is 5.75 Å². The second kappa shape index (κ2) is 14.9. The maximum absolute atomic E-state index is 13.3. The standard InChI is InChI=1S/C27H32Cl2N4O4S.CH4O3S/c1-18(2)13-16-38(35,36)37-22-10-7-20(8-11-22)26-19(3)25(27(34)31-32-14-5-4-6-15-32)30-33(26)24-12-9-21(28)17-23(24)29;1-5(2,3)4/h7-12,17-18H,4-6,13-16H2,1-3H3,(H,31,34);1H3,(H,2,3,4). The lowest BCUT2D eigenvalue weighted by Gasteiger charge is -2.26. The Bertz CT molecular complexity index is 1630. The van der Waals surface area contributed by atoms with Crippen LogP contribution in [0.15, 0.2) is 42.5 Å². The fourth-order valence-corrected chi connectivity index (χ4v) is 6.05. The molecule has 3 aromatic rings. The van der Waals surface area contributed by atoms with Crippen LogP contribution in [0.1, 0.15) is 55.6 Å². The van der Waals surface area contributed by atoms with Gasteiger partial charge in [-0.05, 0) is 74.6 Å². The molecule has 15 heteroatoms. The summed E-state index contributed by atoms with van der Waals surface area (Å²) in [5.41, 5.74) is 5.82. The number of piperidine rings is 1. The number of nitrogens with zero attached hydrogens (tertiary/aromatic N) is 3. The van der Waals surface area contributed by atoms with Gasteiger partial charge in [0.1, 0.15) is 5.75 Å². The van der Waals surface area contributed by atoms with Crippen molar-refractivity contribution in [1.82, 2.24) is 20.2 Å². The van der Waals surface area contributed by atoms with Crippen molar-refractivity contribution in [2.24, 2.45) is 5.92 Å². The van der Waals surface area contributed by atoms with Crippen molar-refractivity contribution in [1.29, 1.82) is 0 Å². The Labute approximate surface area is 263 Å². The van der Waals surface area contributed by atoms with Gasteiger partial charge in [0.05, 0.1) is 28.4 Å². The first kappa shape index (κ1) is 34.8. The molecular weight excluding hydrogens is 639 g/mol. The molecule has 0 spiro atoms. The van der Waals surface area contributed by atoms with Gasteiger partial charge in [-0.25, -0.2) is 9.69 Å². The number of amides is 1. The van der Waals surface area contributed by atoms with Crippen LogP contribution in [0.4, 0.5) is 0 Å².